The molecule has 1 aliphatic heterocycles. The number of esters is 1. The number of rotatable bonds is 48. The summed E-state index contributed by atoms with van der Waals surface area (Å²) in [7, 11) is 0. The van der Waals surface area contributed by atoms with Gasteiger partial charge in [-0.2, -0.15) is 0 Å². The van der Waals surface area contributed by atoms with Crippen LogP contribution in [-0.4, -0.2) is 89.6 Å². The summed E-state index contributed by atoms with van der Waals surface area (Å²) < 4.78 is 23.0. The molecule has 410 valence electrons. The Kier molecular flexibility index (Phi) is 48.5. The predicted octanol–water partition coefficient (Wildman–Crippen LogP) is 15.0. The van der Waals surface area contributed by atoms with Gasteiger partial charge in [-0.3, -0.25) is 4.79 Å². The topological polar surface area (TPSA) is 135 Å². The molecule has 1 aliphatic rings. The third-order valence-corrected chi connectivity index (χ3v) is 12.4. The molecule has 0 aromatic rings. The molecule has 72 heavy (non-hydrogen) atoms. The van der Waals surface area contributed by atoms with Crippen molar-refractivity contribution in [2.45, 2.75) is 243 Å². The van der Waals surface area contributed by atoms with Crippen molar-refractivity contribution in [2.24, 2.45) is 0 Å². The average Bonchev–Trinajstić information content (AvgIpc) is 3.38. The van der Waals surface area contributed by atoms with E-state index in [2.05, 4.69) is 135 Å². The van der Waals surface area contributed by atoms with Crippen LogP contribution in [0.2, 0.25) is 0 Å². The molecule has 1 fully saturated rings. The summed E-state index contributed by atoms with van der Waals surface area (Å²) in [5.74, 6) is -0.330. The lowest BCUT2D eigenvalue weighted by atomic mass is 9.99. The molecule has 1 saturated heterocycles. The summed E-state index contributed by atoms with van der Waals surface area (Å²) in [4.78, 5) is 12.9. The molecule has 0 aromatic heterocycles. The van der Waals surface area contributed by atoms with Crippen molar-refractivity contribution in [3.63, 3.8) is 0 Å². The van der Waals surface area contributed by atoms with Crippen LogP contribution in [0.4, 0.5) is 0 Å². The zero-order valence-electron chi connectivity index (χ0n) is 45.4. The van der Waals surface area contributed by atoms with Gasteiger partial charge in [-0.05, 0) is 103 Å². The number of carbonyl (C=O) groups excluding carboxylic acids is 1. The third-order valence-electron chi connectivity index (χ3n) is 12.4. The fraction of sp³-hybridized carbons (Fsp3) is 0.667. The van der Waals surface area contributed by atoms with Gasteiger partial charge in [0.25, 0.3) is 0 Å². The van der Waals surface area contributed by atoms with Crippen molar-refractivity contribution < 1.29 is 44.2 Å². The Labute approximate surface area is 439 Å². The highest BCUT2D eigenvalue weighted by molar-refractivity contribution is 5.69. The van der Waals surface area contributed by atoms with E-state index in [-0.39, 0.29) is 19.2 Å². The van der Waals surface area contributed by atoms with Crippen LogP contribution in [0.5, 0.6) is 0 Å². The van der Waals surface area contributed by atoms with E-state index in [0.717, 1.165) is 116 Å². The minimum absolute atomic E-state index is 0.128. The number of ether oxygens (including phenoxy) is 4. The van der Waals surface area contributed by atoms with Crippen molar-refractivity contribution in [3.8, 4) is 0 Å². The number of carbonyl (C=O) groups is 1. The van der Waals surface area contributed by atoms with Crippen molar-refractivity contribution in [3.05, 3.63) is 122 Å². The Bertz CT molecular complexity index is 1520. The van der Waals surface area contributed by atoms with Crippen LogP contribution in [-0.2, 0) is 23.7 Å². The molecule has 0 aromatic carbocycles. The first-order valence-electron chi connectivity index (χ1n) is 28.6. The monoisotopic (exact) mass is 1000 g/mol. The summed E-state index contributed by atoms with van der Waals surface area (Å²) in [5, 5.41) is 40.4. The zero-order valence-corrected chi connectivity index (χ0v) is 45.4. The summed E-state index contributed by atoms with van der Waals surface area (Å²) in [6.07, 6.45) is 69.5. The Morgan fingerprint density at radius 1 is 0.444 bits per heavy atom. The minimum atomic E-state index is -1.55. The van der Waals surface area contributed by atoms with Crippen molar-refractivity contribution in [1.29, 1.82) is 0 Å². The van der Waals surface area contributed by atoms with Crippen LogP contribution in [0.15, 0.2) is 122 Å². The van der Waals surface area contributed by atoms with Crippen LogP contribution in [0.1, 0.15) is 206 Å². The van der Waals surface area contributed by atoms with E-state index >= 15 is 0 Å². The standard InChI is InChI=1S/C63H104O9/c1-3-5-7-9-11-13-15-17-19-21-23-25-27-28-29-31-33-35-37-39-41-43-45-47-49-51-53-69-55-57(56-70-63-62(68)61(67)60(66)58(54-64)72-63)71-59(65)52-50-48-46-44-42-40-38-36-34-32-30-26-24-22-20-18-16-14-12-10-8-6-4-2/h5-8,11-14,17-20,23-26,28-29,32,34,57-58,60-64,66-68H,3-4,9-10,15-16,21-22,27,30-31,33,35-56H2,1-2H3/b7-5-,8-6-,13-11-,14-12-,19-17-,20-18-,25-23-,26-24-,29-28-,34-32-. The van der Waals surface area contributed by atoms with Crippen LogP contribution >= 0.6 is 0 Å². The van der Waals surface area contributed by atoms with Gasteiger partial charge in [-0.1, -0.05) is 219 Å². The number of allylic oxidation sites excluding steroid dienone is 20. The third kappa shape index (κ3) is 42.0. The second-order valence-electron chi connectivity index (χ2n) is 19.0. The van der Waals surface area contributed by atoms with Crippen LogP contribution in [0.3, 0.4) is 0 Å². The normalized spacial score (nSPS) is 19.7. The van der Waals surface area contributed by atoms with Crippen molar-refractivity contribution in [1.82, 2.24) is 0 Å². The molecule has 6 atom stereocenters. The van der Waals surface area contributed by atoms with E-state index in [9.17, 15) is 25.2 Å². The molecular weight excluding hydrogens is 901 g/mol. The van der Waals surface area contributed by atoms with E-state index in [1.165, 1.54) is 70.6 Å². The van der Waals surface area contributed by atoms with Gasteiger partial charge in [0.2, 0.25) is 0 Å². The molecule has 6 unspecified atom stereocenters. The van der Waals surface area contributed by atoms with E-state index in [1.807, 2.05) is 0 Å². The van der Waals surface area contributed by atoms with E-state index in [4.69, 9.17) is 18.9 Å². The molecule has 0 aliphatic carbocycles. The fourth-order valence-electron chi connectivity index (χ4n) is 8.02. The molecule has 0 spiro atoms. The van der Waals surface area contributed by atoms with E-state index < -0.39 is 43.4 Å². The lowest BCUT2D eigenvalue weighted by Gasteiger charge is -2.39. The first kappa shape index (κ1) is 66.6. The highest BCUT2D eigenvalue weighted by Crippen LogP contribution is 2.23. The van der Waals surface area contributed by atoms with E-state index in [1.54, 1.807) is 0 Å². The van der Waals surface area contributed by atoms with Gasteiger partial charge in [-0.25, -0.2) is 0 Å². The first-order chi connectivity index (χ1) is 35.4. The summed E-state index contributed by atoms with van der Waals surface area (Å²) in [6, 6.07) is 0. The number of aliphatic hydroxyl groups excluding tert-OH is 4. The number of aliphatic hydroxyl groups is 4. The molecule has 9 heteroatoms. The number of hydrogen-bond donors (Lipinski definition) is 4. The summed E-state index contributed by atoms with van der Waals surface area (Å²) >= 11 is 0. The van der Waals surface area contributed by atoms with Gasteiger partial charge in [0.15, 0.2) is 6.29 Å². The summed E-state index contributed by atoms with van der Waals surface area (Å²) in [6.45, 7) is 4.30. The number of unbranched alkanes of at least 4 members (excludes halogenated alkanes) is 17. The van der Waals surface area contributed by atoms with Crippen molar-refractivity contribution in [2.75, 3.05) is 26.4 Å². The molecule has 1 heterocycles. The largest absolute Gasteiger partial charge is 0.457 e. The molecule has 9 nitrogen and oxygen atoms in total. The maximum absolute atomic E-state index is 12.9. The summed E-state index contributed by atoms with van der Waals surface area (Å²) in [5.41, 5.74) is 0. The molecule has 0 bridgehead atoms. The molecule has 0 amide bonds. The Hall–Kier alpha value is -3.41. The van der Waals surface area contributed by atoms with Crippen molar-refractivity contribution >= 4 is 5.97 Å². The van der Waals surface area contributed by atoms with Gasteiger partial charge in [0.05, 0.1) is 19.8 Å². The molecule has 0 radical (unpaired) electrons. The second kappa shape index (κ2) is 52.5. The molecule has 0 saturated carbocycles. The van der Waals surface area contributed by atoms with Crippen LogP contribution in [0, 0.1) is 0 Å². The van der Waals surface area contributed by atoms with Gasteiger partial charge in [0.1, 0.15) is 30.5 Å². The predicted molar refractivity (Wildman–Crippen MR) is 302 cm³/mol. The SMILES string of the molecule is CC/C=C\C/C=C\C/C=C\C/C=C\C/C=C\CCCCCCCCCCCCOCC(COC1OC(CO)C(O)C(O)C1O)OC(=O)CCCCCCCCC/C=C\C/C=C\C/C=C\C/C=C\C/C=C\CC. The maximum atomic E-state index is 12.9. The first-order valence-corrected chi connectivity index (χ1v) is 28.6. The minimum Gasteiger partial charge on any atom is -0.457 e. The Morgan fingerprint density at radius 2 is 0.806 bits per heavy atom. The fourth-order valence-corrected chi connectivity index (χ4v) is 8.02. The Balaban J connectivity index is 2.19. The van der Waals surface area contributed by atoms with Crippen LogP contribution < -0.4 is 0 Å². The molecular formula is C63H104O9. The second-order valence-corrected chi connectivity index (χ2v) is 19.0. The van der Waals surface area contributed by atoms with E-state index in [0.29, 0.717) is 13.0 Å². The average molecular weight is 1010 g/mol. The molecule has 4 N–H and O–H groups in total. The maximum Gasteiger partial charge on any atom is 0.306 e. The van der Waals surface area contributed by atoms with Gasteiger partial charge < -0.3 is 39.4 Å². The Morgan fingerprint density at radius 3 is 1.21 bits per heavy atom. The quantitative estimate of drug-likeness (QED) is 0.0267. The van der Waals surface area contributed by atoms with Gasteiger partial charge in [-0.15, -0.1) is 0 Å². The highest BCUT2D eigenvalue weighted by Gasteiger charge is 2.44. The van der Waals surface area contributed by atoms with Gasteiger partial charge in [0, 0.05) is 13.0 Å². The lowest BCUT2D eigenvalue weighted by molar-refractivity contribution is -0.305. The zero-order chi connectivity index (χ0) is 52.1. The molecule has 1 rings (SSSR count). The highest BCUT2D eigenvalue weighted by atomic mass is 16.7. The van der Waals surface area contributed by atoms with Crippen LogP contribution in [0.25, 0.3) is 0 Å². The van der Waals surface area contributed by atoms with Gasteiger partial charge >= 0.3 is 5.97 Å². The number of hydrogen-bond acceptors (Lipinski definition) is 9. The smallest absolute Gasteiger partial charge is 0.306 e. The lowest BCUT2D eigenvalue weighted by Crippen LogP contribution is -2.59.